The van der Waals surface area contributed by atoms with Crippen LogP contribution in [0, 0.1) is 6.92 Å². The predicted molar refractivity (Wildman–Crippen MR) is 60.4 cm³/mol. The first-order chi connectivity index (χ1) is 7.22. The van der Waals surface area contributed by atoms with Crippen LogP contribution in [0.2, 0.25) is 0 Å². The summed E-state index contributed by atoms with van der Waals surface area (Å²) in [6, 6.07) is 3.87. The molecule has 0 saturated carbocycles. The van der Waals surface area contributed by atoms with Crippen LogP contribution in [0.1, 0.15) is 5.56 Å². The number of aliphatic hydroxyl groups is 1. The quantitative estimate of drug-likeness (QED) is 0.705. The highest BCUT2D eigenvalue weighted by atomic mass is 16.5. The van der Waals surface area contributed by atoms with Crippen LogP contribution in [0.3, 0.4) is 0 Å². The molecule has 1 aromatic carbocycles. The Morgan fingerprint density at radius 1 is 1.53 bits per heavy atom. The van der Waals surface area contributed by atoms with Crippen molar-refractivity contribution in [3.8, 4) is 5.75 Å². The highest BCUT2D eigenvalue weighted by molar-refractivity contribution is 5.68. The number of aliphatic hydroxyl groups excluding tert-OH is 1. The molecule has 0 spiro atoms. The van der Waals surface area contributed by atoms with Crippen molar-refractivity contribution < 1.29 is 9.84 Å². The van der Waals surface area contributed by atoms with E-state index in [2.05, 4.69) is 4.90 Å². The molecule has 1 aliphatic rings. The molecule has 15 heavy (non-hydrogen) atoms. The minimum atomic E-state index is 0.156. The van der Waals surface area contributed by atoms with E-state index in [0.29, 0.717) is 13.2 Å². The van der Waals surface area contributed by atoms with E-state index >= 15 is 0 Å². The van der Waals surface area contributed by atoms with Gasteiger partial charge in [0.05, 0.1) is 18.8 Å². The Morgan fingerprint density at radius 2 is 2.33 bits per heavy atom. The second-order valence-electron chi connectivity index (χ2n) is 3.74. The second kappa shape index (κ2) is 3.98. The minimum absolute atomic E-state index is 0.156. The fourth-order valence-electron chi connectivity index (χ4n) is 1.79. The summed E-state index contributed by atoms with van der Waals surface area (Å²) < 4.78 is 5.53. The number of nitrogens with two attached hydrogens (primary N) is 1. The third-order valence-corrected chi connectivity index (χ3v) is 2.68. The Bertz CT molecular complexity index is 366. The molecule has 0 amide bonds. The van der Waals surface area contributed by atoms with E-state index in [-0.39, 0.29) is 6.61 Å². The van der Waals surface area contributed by atoms with E-state index < -0.39 is 0 Å². The van der Waals surface area contributed by atoms with Gasteiger partial charge in [0.25, 0.3) is 0 Å². The third-order valence-electron chi connectivity index (χ3n) is 2.68. The van der Waals surface area contributed by atoms with Gasteiger partial charge in [-0.2, -0.15) is 0 Å². The molecular formula is C11H16N2O2. The van der Waals surface area contributed by atoms with Crippen LogP contribution in [0.4, 0.5) is 11.4 Å². The Hall–Kier alpha value is -1.42. The molecule has 0 fully saturated rings. The highest BCUT2D eigenvalue weighted by Crippen LogP contribution is 2.34. The summed E-state index contributed by atoms with van der Waals surface area (Å²) in [5.41, 5.74) is 8.64. The number of fused-ring (bicyclic) bond motifs is 1. The lowest BCUT2D eigenvalue weighted by atomic mass is 10.1. The number of hydrogen-bond donors (Lipinski definition) is 2. The molecule has 1 aliphatic heterocycles. The molecule has 1 heterocycles. The summed E-state index contributed by atoms with van der Waals surface area (Å²) in [5, 5.41) is 8.96. The number of aryl methyl sites for hydroxylation is 1. The van der Waals surface area contributed by atoms with Crippen molar-refractivity contribution in [1.82, 2.24) is 0 Å². The van der Waals surface area contributed by atoms with Crippen LogP contribution in [-0.2, 0) is 0 Å². The number of nitrogens with zero attached hydrogens (tertiary/aromatic N) is 1. The molecule has 0 aliphatic carbocycles. The van der Waals surface area contributed by atoms with Crippen LogP contribution in [0.15, 0.2) is 12.1 Å². The van der Waals surface area contributed by atoms with Gasteiger partial charge in [-0.3, -0.25) is 0 Å². The summed E-state index contributed by atoms with van der Waals surface area (Å²) in [6.07, 6.45) is 0. The van der Waals surface area contributed by atoms with Gasteiger partial charge < -0.3 is 20.5 Å². The molecule has 3 N–H and O–H groups in total. The van der Waals surface area contributed by atoms with Crippen molar-refractivity contribution in [1.29, 1.82) is 0 Å². The first-order valence-electron chi connectivity index (χ1n) is 5.11. The average molecular weight is 208 g/mol. The predicted octanol–water partition coefficient (Wildman–Crippen LogP) is 0.768. The molecule has 0 bridgehead atoms. The molecule has 0 radical (unpaired) electrons. The van der Waals surface area contributed by atoms with Crippen molar-refractivity contribution in [2.45, 2.75) is 6.92 Å². The molecule has 4 nitrogen and oxygen atoms in total. The zero-order valence-electron chi connectivity index (χ0n) is 8.86. The summed E-state index contributed by atoms with van der Waals surface area (Å²) in [4.78, 5) is 2.12. The maximum Gasteiger partial charge on any atom is 0.144 e. The Labute approximate surface area is 89.3 Å². The van der Waals surface area contributed by atoms with Crippen LogP contribution in [0.5, 0.6) is 5.75 Å². The van der Waals surface area contributed by atoms with E-state index in [4.69, 9.17) is 15.6 Å². The van der Waals surface area contributed by atoms with E-state index in [9.17, 15) is 0 Å². The van der Waals surface area contributed by atoms with E-state index in [1.807, 2.05) is 19.1 Å². The zero-order valence-corrected chi connectivity index (χ0v) is 8.86. The minimum Gasteiger partial charge on any atom is -0.489 e. The van der Waals surface area contributed by atoms with E-state index in [1.165, 1.54) is 0 Å². The fourth-order valence-corrected chi connectivity index (χ4v) is 1.79. The maximum absolute atomic E-state index is 8.96. The lowest BCUT2D eigenvalue weighted by molar-refractivity contribution is 0.278. The molecule has 0 unspecified atom stereocenters. The lowest BCUT2D eigenvalue weighted by Crippen LogP contribution is -2.34. The maximum atomic E-state index is 8.96. The first kappa shape index (κ1) is 10.1. The van der Waals surface area contributed by atoms with Gasteiger partial charge >= 0.3 is 0 Å². The normalized spacial score (nSPS) is 14.7. The monoisotopic (exact) mass is 208 g/mol. The average Bonchev–Trinajstić information content (AvgIpc) is 2.21. The zero-order chi connectivity index (χ0) is 10.8. The van der Waals surface area contributed by atoms with Gasteiger partial charge in [0, 0.05) is 18.3 Å². The molecule has 0 saturated heterocycles. The van der Waals surface area contributed by atoms with Crippen molar-refractivity contribution in [3.63, 3.8) is 0 Å². The first-order valence-corrected chi connectivity index (χ1v) is 5.11. The van der Waals surface area contributed by atoms with Crippen molar-refractivity contribution in [2.75, 3.05) is 36.9 Å². The summed E-state index contributed by atoms with van der Waals surface area (Å²) >= 11 is 0. The second-order valence-corrected chi connectivity index (χ2v) is 3.74. The van der Waals surface area contributed by atoms with Crippen LogP contribution >= 0.6 is 0 Å². The van der Waals surface area contributed by atoms with Gasteiger partial charge in [-0.1, -0.05) is 0 Å². The largest absolute Gasteiger partial charge is 0.489 e. The van der Waals surface area contributed by atoms with Crippen molar-refractivity contribution >= 4 is 11.4 Å². The number of β-amino-alcohol motifs (C(OH)–C–C–N with tert-alkyl or cyclic N) is 1. The van der Waals surface area contributed by atoms with Crippen molar-refractivity contribution in [2.24, 2.45) is 0 Å². The molecule has 1 aromatic rings. The number of ether oxygens (including phenoxy) is 1. The van der Waals surface area contributed by atoms with Crippen molar-refractivity contribution in [3.05, 3.63) is 17.7 Å². The van der Waals surface area contributed by atoms with Gasteiger partial charge in [-0.25, -0.2) is 0 Å². The fraction of sp³-hybridized carbons (Fsp3) is 0.455. The molecule has 0 aromatic heterocycles. The third kappa shape index (κ3) is 1.85. The Kier molecular flexibility index (Phi) is 2.68. The number of nitrogen functional groups attached to an aromatic ring is 1. The van der Waals surface area contributed by atoms with E-state index in [0.717, 1.165) is 29.2 Å². The molecule has 2 rings (SSSR count). The molecule has 4 heteroatoms. The number of anilines is 2. The van der Waals surface area contributed by atoms with Gasteiger partial charge in [-0.05, 0) is 18.6 Å². The molecule has 82 valence electrons. The van der Waals surface area contributed by atoms with Crippen LogP contribution in [-0.4, -0.2) is 31.4 Å². The van der Waals surface area contributed by atoms with Crippen LogP contribution < -0.4 is 15.4 Å². The molecule has 0 atom stereocenters. The summed E-state index contributed by atoms with van der Waals surface area (Å²) in [6.45, 7) is 4.23. The standard InChI is InChI=1S/C11H16N2O2/c1-8-6-10-11(7-9(8)12)15-5-3-13(10)2-4-14/h6-7,14H,2-5,12H2,1H3. The lowest BCUT2D eigenvalue weighted by Gasteiger charge is -2.31. The van der Waals surface area contributed by atoms with Gasteiger partial charge in [0.15, 0.2) is 0 Å². The Morgan fingerprint density at radius 3 is 3.07 bits per heavy atom. The SMILES string of the molecule is Cc1cc2c(cc1N)OCCN2CCO. The number of benzene rings is 1. The van der Waals surface area contributed by atoms with E-state index in [1.54, 1.807) is 0 Å². The van der Waals surface area contributed by atoms with Gasteiger partial charge in [0.1, 0.15) is 12.4 Å². The smallest absolute Gasteiger partial charge is 0.144 e. The van der Waals surface area contributed by atoms with Crippen LogP contribution in [0.25, 0.3) is 0 Å². The summed E-state index contributed by atoms with van der Waals surface area (Å²) in [7, 11) is 0. The van der Waals surface area contributed by atoms with Gasteiger partial charge in [-0.15, -0.1) is 0 Å². The Balaban J connectivity index is 2.38. The number of rotatable bonds is 2. The summed E-state index contributed by atoms with van der Waals surface area (Å²) in [5.74, 6) is 0.817. The number of hydrogen-bond acceptors (Lipinski definition) is 4. The topological polar surface area (TPSA) is 58.7 Å². The van der Waals surface area contributed by atoms with Gasteiger partial charge in [0.2, 0.25) is 0 Å². The molecular weight excluding hydrogens is 192 g/mol. The highest BCUT2D eigenvalue weighted by Gasteiger charge is 2.18.